The normalized spacial score (nSPS) is 10.2. The molecule has 0 spiro atoms. The molecule has 0 radical (unpaired) electrons. The molecule has 132 valence electrons. The van der Waals surface area contributed by atoms with E-state index in [0.29, 0.717) is 30.6 Å². The first-order valence-corrected chi connectivity index (χ1v) is 8.02. The van der Waals surface area contributed by atoms with Crippen LogP contribution in [0.2, 0.25) is 0 Å². The van der Waals surface area contributed by atoms with Gasteiger partial charge in [0.15, 0.2) is 0 Å². The fourth-order valence-corrected chi connectivity index (χ4v) is 2.32. The number of ether oxygens (including phenoxy) is 1. The molecule has 2 aromatic rings. The fraction of sp³-hybridized carbons (Fsp3) is 0.263. The number of rotatable bonds is 8. The molecule has 0 atom stereocenters. The Morgan fingerprint density at radius 3 is 2.64 bits per heavy atom. The molecule has 2 rings (SSSR count). The smallest absolute Gasteiger partial charge is 0.337 e. The van der Waals surface area contributed by atoms with Crippen LogP contribution in [0.4, 0.5) is 10.1 Å². The van der Waals surface area contributed by atoms with E-state index in [0.717, 1.165) is 5.69 Å². The highest BCUT2D eigenvalue weighted by atomic mass is 19.1. The van der Waals surface area contributed by atoms with Gasteiger partial charge in [0.05, 0.1) is 12.7 Å². The van der Waals surface area contributed by atoms with E-state index >= 15 is 0 Å². The summed E-state index contributed by atoms with van der Waals surface area (Å²) in [7, 11) is 1.33. The zero-order chi connectivity index (χ0) is 18.1. The highest BCUT2D eigenvalue weighted by Gasteiger charge is 2.06. The number of nitrogens with one attached hydrogen (secondary N) is 2. The van der Waals surface area contributed by atoms with E-state index in [1.54, 1.807) is 36.4 Å². The van der Waals surface area contributed by atoms with Gasteiger partial charge < -0.3 is 15.4 Å². The van der Waals surface area contributed by atoms with Crippen LogP contribution in [0.5, 0.6) is 0 Å². The Labute approximate surface area is 146 Å². The molecule has 0 aliphatic heterocycles. The molecule has 2 aromatic carbocycles. The van der Waals surface area contributed by atoms with Gasteiger partial charge >= 0.3 is 5.97 Å². The van der Waals surface area contributed by atoms with Gasteiger partial charge in [0.25, 0.3) is 0 Å². The fourth-order valence-electron chi connectivity index (χ4n) is 2.32. The first-order chi connectivity index (χ1) is 12.1. The van der Waals surface area contributed by atoms with E-state index in [2.05, 4.69) is 15.4 Å². The van der Waals surface area contributed by atoms with E-state index in [1.165, 1.54) is 13.2 Å². The van der Waals surface area contributed by atoms with E-state index in [1.807, 2.05) is 6.07 Å². The molecule has 0 saturated heterocycles. The first-order valence-electron chi connectivity index (χ1n) is 8.02. The molecule has 0 aliphatic carbocycles. The minimum atomic E-state index is -0.408. The molecular formula is C19H21FN2O3. The van der Waals surface area contributed by atoms with E-state index in [4.69, 9.17) is 0 Å². The molecule has 25 heavy (non-hydrogen) atoms. The number of hydrogen-bond acceptors (Lipinski definition) is 4. The summed E-state index contributed by atoms with van der Waals surface area (Å²) in [4.78, 5) is 23.3. The molecule has 2 N–H and O–H groups in total. The summed E-state index contributed by atoms with van der Waals surface area (Å²) in [6, 6.07) is 13.4. The van der Waals surface area contributed by atoms with Crippen LogP contribution >= 0.6 is 0 Å². The van der Waals surface area contributed by atoms with Crippen molar-refractivity contribution in [3.8, 4) is 0 Å². The number of carbonyl (C=O) groups is 2. The summed E-state index contributed by atoms with van der Waals surface area (Å²) >= 11 is 0. The summed E-state index contributed by atoms with van der Waals surface area (Å²) < 4.78 is 18.1. The summed E-state index contributed by atoms with van der Waals surface area (Å²) in [5.41, 5.74) is 1.77. The number of carbonyl (C=O) groups excluding carboxylic acids is 2. The van der Waals surface area contributed by atoms with Crippen molar-refractivity contribution in [3.05, 3.63) is 65.5 Å². The van der Waals surface area contributed by atoms with Crippen molar-refractivity contribution >= 4 is 17.6 Å². The van der Waals surface area contributed by atoms with Crippen LogP contribution in [0.25, 0.3) is 0 Å². The third kappa shape index (κ3) is 5.91. The number of halogens is 1. The van der Waals surface area contributed by atoms with Gasteiger partial charge in [0.2, 0.25) is 5.91 Å². The van der Waals surface area contributed by atoms with Crippen molar-refractivity contribution in [2.75, 3.05) is 25.5 Å². The van der Waals surface area contributed by atoms with Gasteiger partial charge in [0.1, 0.15) is 5.82 Å². The lowest BCUT2D eigenvalue weighted by Crippen LogP contribution is -2.27. The van der Waals surface area contributed by atoms with Crippen molar-refractivity contribution in [1.82, 2.24) is 5.32 Å². The van der Waals surface area contributed by atoms with Crippen LogP contribution in [-0.4, -0.2) is 32.1 Å². The third-order valence-electron chi connectivity index (χ3n) is 3.64. The van der Waals surface area contributed by atoms with Crippen molar-refractivity contribution in [2.45, 2.75) is 12.8 Å². The monoisotopic (exact) mass is 344 g/mol. The van der Waals surface area contributed by atoms with Crippen molar-refractivity contribution < 1.29 is 18.7 Å². The summed E-state index contributed by atoms with van der Waals surface area (Å²) in [6.45, 7) is 0.813. The van der Waals surface area contributed by atoms with Gasteiger partial charge in [-0.1, -0.05) is 24.3 Å². The van der Waals surface area contributed by atoms with Crippen molar-refractivity contribution in [2.24, 2.45) is 0 Å². The second-order valence-corrected chi connectivity index (χ2v) is 5.44. The van der Waals surface area contributed by atoms with Crippen LogP contribution in [0, 0.1) is 5.82 Å². The molecule has 0 heterocycles. The highest BCUT2D eigenvalue weighted by molar-refractivity contribution is 5.90. The van der Waals surface area contributed by atoms with Gasteiger partial charge in [-0.2, -0.15) is 0 Å². The molecule has 1 amide bonds. The van der Waals surface area contributed by atoms with Gasteiger partial charge in [-0.25, -0.2) is 9.18 Å². The first kappa shape index (κ1) is 18.4. The largest absolute Gasteiger partial charge is 0.465 e. The zero-order valence-corrected chi connectivity index (χ0v) is 14.0. The average molecular weight is 344 g/mol. The minimum Gasteiger partial charge on any atom is -0.465 e. The Hall–Kier alpha value is -2.89. The molecule has 5 nitrogen and oxygen atoms in total. The Morgan fingerprint density at radius 2 is 1.88 bits per heavy atom. The third-order valence-corrected chi connectivity index (χ3v) is 3.64. The molecule has 0 aromatic heterocycles. The number of amides is 1. The lowest BCUT2D eigenvalue weighted by atomic mass is 10.1. The summed E-state index contributed by atoms with van der Waals surface area (Å²) in [5, 5.41) is 5.85. The summed E-state index contributed by atoms with van der Waals surface area (Å²) in [6.07, 6.45) is 0.729. The van der Waals surface area contributed by atoms with E-state index in [-0.39, 0.29) is 18.1 Å². The molecule has 0 unspecified atom stereocenters. The van der Waals surface area contributed by atoms with Gasteiger partial charge in [-0.05, 0) is 36.2 Å². The number of anilines is 1. The quantitative estimate of drug-likeness (QED) is 0.723. The summed E-state index contributed by atoms with van der Waals surface area (Å²) in [5.74, 6) is -0.786. The molecular weight excluding hydrogens is 323 g/mol. The Morgan fingerprint density at radius 1 is 1.08 bits per heavy atom. The minimum absolute atomic E-state index is 0.118. The van der Waals surface area contributed by atoms with Crippen LogP contribution in [-0.2, 0) is 16.0 Å². The number of methoxy groups -OCH3 is 1. The second-order valence-electron chi connectivity index (χ2n) is 5.44. The lowest BCUT2D eigenvalue weighted by molar-refractivity contribution is -0.120. The standard InChI is InChI=1S/C19H21FN2O3/c1-25-19(24)15-6-4-7-16(13-15)21-12-10-18(23)22-11-9-14-5-2-3-8-17(14)20/h2-8,13,21H,9-12H2,1H3,(H,22,23). The molecule has 0 aliphatic rings. The van der Waals surface area contributed by atoms with E-state index in [9.17, 15) is 14.0 Å². The average Bonchev–Trinajstić information content (AvgIpc) is 2.63. The maximum atomic E-state index is 13.5. The number of hydrogen-bond donors (Lipinski definition) is 2. The van der Waals surface area contributed by atoms with Crippen molar-refractivity contribution in [1.29, 1.82) is 0 Å². The number of benzene rings is 2. The molecule has 0 fully saturated rings. The van der Waals surface area contributed by atoms with Crippen molar-refractivity contribution in [3.63, 3.8) is 0 Å². The molecule has 0 bridgehead atoms. The van der Waals surface area contributed by atoms with Gasteiger partial charge in [-0.3, -0.25) is 4.79 Å². The maximum absolute atomic E-state index is 13.5. The van der Waals surface area contributed by atoms with Gasteiger partial charge in [0, 0.05) is 25.2 Å². The Bertz CT molecular complexity index is 734. The molecule has 6 heteroatoms. The van der Waals surface area contributed by atoms with E-state index < -0.39 is 5.97 Å². The molecule has 0 saturated carbocycles. The van der Waals surface area contributed by atoms with Crippen LogP contribution < -0.4 is 10.6 Å². The predicted molar refractivity (Wildman–Crippen MR) is 94.0 cm³/mol. The SMILES string of the molecule is COC(=O)c1cccc(NCCC(=O)NCCc2ccccc2F)c1. The zero-order valence-electron chi connectivity index (χ0n) is 14.0. The van der Waals surface area contributed by atoms with Crippen LogP contribution in [0.15, 0.2) is 48.5 Å². The van der Waals surface area contributed by atoms with Gasteiger partial charge in [-0.15, -0.1) is 0 Å². The lowest BCUT2D eigenvalue weighted by Gasteiger charge is -2.09. The number of esters is 1. The highest BCUT2D eigenvalue weighted by Crippen LogP contribution is 2.11. The van der Waals surface area contributed by atoms with Crippen LogP contribution in [0.1, 0.15) is 22.3 Å². The Balaban J connectivity index is 1.70. The van der Waals surface area contributed by atoms with Crippen LogP contribution in [0.3, 0.4) is 0 Å². The predicted octanol–water partition coefficient (Wildman–Crippen LogP) is 2.77. The topological polar surface area (TPSA) is 67.4 Å². The second kappa shape index (κ2) is 9.42. The maximum Gasteiger partial charge on any atom is 0.337 e. The Kier molecular flexibility index (Phi) is 6.95.